The first-order valence-corrected chi connectivity index (χ1v) is 8.35. The molecule has 2 N–H and O–H groups in total. The second-order valence-corrected chi connectivity index (χ2v) is 6.21. The van der Waals surface area contributed by atoms with Crippen molar-refractivity contribution in [2.45, 2.75) is 45.1 Å². The molecule has 0 spiro atoms. The molecule has 0 aromatic carbocycles. The minimum absolute atomic E-state index is 0.125. The van der Waals surface area contributed by atoms with Gasteiger partial charge in [-0.15, -0.1) is 0 Å². The summed E-state index contributed by atoms with van der Waals surface area (Å²) in [6.45, 7) is 6.51. The van der Waals surface area contributed by atoms with Crippen molar-refractivity contribution in [2.24, 2.45) is 5.92 Å². The van der Waals surface area contributed by atoms with Crippen LogP contribution < -0.4 is 10.6 Å². The van der Waals surface area contributed by atoms with Crippen LogP contribution in [-0.2, 0) is 9.53 Å². The molecule has 1 atom stereocenters. The van der Waals surface area contributed by atoms with E-state index in [9.17, 15) is 4.79 Å². The number of carbonyl (C=O) groups excluding carboxylic acids is 1. The summed E-state index contributed by atoms with van der Waals surface area (Å²) in [5.74, 6) is 0.886. The Morgan fingerprint density at radius 1 is 1.38 bits per heavy atom. The van der Waals surface area contributed by atoms with Crippen LogP contribution in [0.3, 0.4) is 0 Å². The molecular formula is C16H33N3O2. The van der Waals surface area contributed by atoms with E-state index >= 15 is 0 Å². The molecule has 0 aliphatic carbocycles. The number of rotatable bonds is 10. The lowest BCUT2D eigenvalue weighted by Gasteiger charge is -2.23. The van der Waals surface area contributed by atoms with Gasteiger partial charge in [-0.2, -0.15) is 0 Å². The van der Waals surface area contributed by atoms with Crippen molar-refractivity contribution in [3.05, 3.63) is 0 Å². The van der Waals surface area contributed by atoms with Crippen molar-refractivity contribution in [1.29, 1.82) is 0 Å². The lowest BCUT2D eigenvalue weighted by Crippen LogP contribution is -2.36. The fraction of sp³-hybridized carbons (Fsp3) is 0.938. The summed E-state index contributed by atoms with van der Waals surface area (Å²) < 4.78 is 5.69. The Hall–Kier alpha value is -0.650. The van der Waals surface area contributed by atoms with Gasteiger partial charge in [0.05, 0.1) is 6.10 Å². The molecule has 1 fully saturated rings. The number of nitrogens with zero attached hydrogens (tertiary/aromatic N) is 1. The number of amides is 1. The van der Waals surface area contributed by atoms with E-state index in [4.69, 9.17) is 4.74 Å². The molecular weight excluding hydrogens is 266 g/mol. The molecule has 1 aliphatic heterocycles. The maximum atomic E-state index is 11.9. The number of hydrogen-bond donors (Lipinski definition) is 2. The zero-order valence-corrected chi connectivity index (χ0v) is 14.0. The molecule has 1 unspecified atom stereocenters. The van der Waals surface area contributed by atoms with Gasteiger partial charge in [0, 0.05) is 26.1 Å². The van der Waals surface area contributed by atoms with E-state index in [1.165, 1.54) is 12.8 Å². The van der Waals surface area contributed by atoms with Gasteiger partial charge >= 0.3 is 0 Å². The zero-order chi connectivity index (χ0) is 15.5. The second kappa shape index (κ2) is 11.0. The third-order valence-electron chi connectivity index (χ3n) is 4.07. The van der Waals surface area contributed by atoms with Gasteiger partial charge in [0.2, 0.25) is 5.91 Å². The Balaban J connectivity index is 2.15. The van der Waals surface area contributed by atoms with Gasteiger partial charge in [0.15, 0.2) is 0 Å². The van der Waals surface area contributed by atoms with Crippen LogP contribution in [0, 0.1) is 5.92 Å². The minimum atomic E-state index is 0.125. The summed E-state index contributed by atoms with van der Waals surface area (Å²) in [4.78, 5) is 14.1. The van der Waals surface area contributed by atoms with Gasteiger partial charge in [0.25, 0.3) is 0 Å². The Bertz CT molecular complexity index is 279. The Morgan fingerprint density at radius 3 is 2.71 bits per heavy atom. The molecule has 1 amide bonds. The molecule has 124 valence electrons. The normalized spacial score (nSPS) is 17.9. The first-order chi connectivity index (χ1) is 10.1. The molecule has 0 bridgehead atoms. The average Bonchev–Trinajstić information content (AvgIpc) is 2.49. The number of nitrogens with one attached hydrogen (secondary N) is 2. The molecule has 0 saturated carbocycles. The third kappa shape index (κ3) is 9.06. The maximum absolute atomic E-state index is 11.9. The highest BCUT2D eigenvalue weighted by atomic mass is 16.5. The minimum Gasteiger partial charge on any atom is -0.377 e. The van der Waals surface area contributed by atoms with E-state index in [1.807, 2.05) is 6.92 Å². The SMILES string of the molecule is CCOC(CCN(C)C)CNC(=O)CCC1CCNCC1. The van der Waals surface area contributed by atoms with Crippen LogP contribution in [0.2, 0.25) is 0 Å². The summed E-state index contributed by atoms with van der Waals surface area (Å²) in [5, 5.41) is 6.39. The van der Waals surface area contributed by atoms with Gasteiger partial charge in [-0.1, -0.05) is 0 Å². The van der Waals surface area contributed by atoms with Crippen LogP contribution in [0.25, 0.3) is 0 Å². The fourth-order valence-corrected chi connectivity index (χ4v) is 2.70. The molecule has 0 aromatic rings. The zero-order valence-electron chi connectivity index (χ0n) is 14.0. The number of carbonyl (C=O) groups is 1. The van der Waals surface area contributed by atoms with Gasteiger partial charge in [-0.05, 0) is 65.7 Å². The highest BCUT2D eigenvalue weighted by Crippen LogP contribution is 2.17. The molecule has 5 heteroatoms. The van der Waals surface area contributed by atoms with E-state index in [0.29, 0.717) is 25.5 Å². The largest absolute Gasteiger partial charge is 0.377 e. The highest BCUT2D eigenvalue weighted by molar-refractivity contribution is 5.75. The van der Waals surface area contributed by atoms with Crippen LogP contribution in [0.5, 0.6) is 0 Å². The quantitative estimate of drug-likeness (QED) is 0.637. The van der Waals surface area contributed by atoms with E-state index < -0.39 is 0 Å². The van der Waals surface area contributed by atoms with Gasteiger partial charge in [-0.3, -0.25) is 4.79 Å². The van der Waals surface area contributed by atoms with Crippen LogP contribution in [-0.4, -0.2) is 63.8 Å². The van der Waals surface area contributed by atoms with Crippen molar-refractivity contribution in [1.82, 2.24) is 15.5 Å². The summed E-state index contributed by atoms with van der Waals surface area (Å²) in [6, 6.07) is 0. The van der Waals surface area contributed by atoms with Crippen LogP contribution in [0.15, 0.2) is 0 Å². The highest BCUT2D eigenvalue weighted by Gasteiger charge is 2.15. The average molecular weight is 299 g/mol. The number of hydrogen-bond acceptors (Lipinski definition) is 4. The topological polar surface area (TPSA) is 53.6 Å². The predicted octanol–water partition coefficient (Wildman–Crippen LogP) is 1.24. The van der Waals surface area contributed by atoms with Gasteiger partial charge < -0.3 is 20.3 Å². The van der Waals surface area contributed by atoms with Gasteiger partial charge in [-0.25, -0.2) is 0 Å². The lowest BCUT2D eigenvalue weighted by atomic mass is 9.93. The maximum Gasteiger partial charge on any atom is 0.220 e. The van der Waals surface area contributed by atoms with Crippen LogP contribution >= 0.6 is 0 Å². The third-order valence-corrected chi connectivity index (χ3v) is 4.07. The second-order valence-electron chi connectivity index (χ2n) is 6.21. The number of ether oxygens (including phenoxy) is 1. The molecule has 0 radical (unpaired) electrons. The first kappa shape index (κ1) is 18.4. The molecule has 1 aliphatic rings. The Morgan fingerprint density at radius 2 is 2.10 bits per heavy atom. The predicted molar refractivity (Wildman–Crippen MR) is 86.4 cm³/mol. The fourth-order valence-electron chi connectivity index (χ4n) is 2.70. The van der Waals surface area contributed by atoms with E-state index in [1.54, 1.807) is 0 Å². The van der Waals surface area contributed by atoms with Crippen molar-refractivity contribution >= 4 is 5.91 Å². The van der Waals surface area contributed by atoms with Crippen molar-refractivity contribution in [3.63, 3.8) is 0 Å². The molecule has 0 aromatic heterocycles. The molecule has 21 heavy (non-hydrogen) atoms. The Kier molecular flexibility index (Phi) is 9.63. The summed E-state index contributed by atoms with van der Waals surface area (Å²) in [6.07, 6.45) is 5.16. The van der Waals surface area contributed by atoms with Crippen molar-refractivity contribution in [2.75, 3.05) is 46.9 Å². The number of piperidine rings is 1. The van der Waals surface area contributed by atoms with E-state index in [-0.39, 0.29) is 12.0 Å². The molecule has 1 saturated heterocycles. The van der Waals surface area contributed by atoms with Crippen LogP contribution in [0.1, 0.15) is 39.0 Å². The monoisotopic (exact) mass is 299 g/mol. The summed E-state index contributed by atoms with van der Waals surface area (Å²) in [7, 11) is 4.11. The van der Waals surface area contributed by atoms with Gasteiger partial charge in [0.1, 0.15) is 0 Å². The van der Waals surface area contributed by atoms with E-state index in [0.717, 1.165) is 32.5 Å². The standard InChI is InChI=1S/C16H33N3O2/c1-4-21-15(9-12-19(2)3)13-18-16(20)6-5-14-7-10-17-11-8-14/h14-15,17H,4-13H2,1-3H3,(H,18,20). The van der Waals surface area contributed by atoms with E-state index in [2.05, 4.69) is 29.6 Å². The molecule has 1 heterocycles. The Labute approximate surface area is 129 Å². The van der Waals surface area contributed by atoms with Crippen LogP contribution in [0.4, 0.5) is 0 Å². The summed E-state index contributed by atoms with van der Waals surface area (Å²) in [5.41, 5.74) is 0. The first-order valence-electron chi connectivity index (χ1n) is 8.35. The van der Waals surface area contributed by atoms with Crippen molar-refractivity contribution in [3.8, 4) is 0 Å². The smallest absolute Gasteiger partial charge is 0.220 e. The lowest BCUT2D eigenvalue weighted by molar-refractivity contribution is -0.122. The van der Waals surface area contributed by atoms with Crippen molar-refractivity contribution < 1.29 is 9.53 Å². The molecule has 5 nitrogen and oxygen atoms in total. The molecule has 1 rings (SSSR count). The summed E-state index contributed by atoms with van der Waals surface area (Å²) >= 11 is 0.